The number of carbonyl (C=O) groups is 1. The van der Waals surface area contributed by atoms with Crippen LogP contribution in [-0.4, -0.2) is 32.3 Å². The van der Waals surface area contributed by atoms with Crippen molar-refractivity contribution in [3.63, 3.8) is 0 Å². The number of hydrogen-bond donors (Lipinski definition) is 1. The van der Waals surface area contributed by atoms with E-state index in [4.69, 9.17) is 0 Å². The van der Waals surface area contributed by atoms with E-state index in [0.717, 1.165) is 34.9 Å². The summed E-state index contributed by atoms with van der Waals surface area (Å²) in [6, 6.07) is 15.6. The van der Waals surface area contributed by atoms with Crippen molar-refractivity contribution >= 4 is 17.5 Å². The maximum atomic E-state index is 12.7. The standard InChI is InChI=1S/C21H21N5O/c1-15-23-18-14-26(20(27)13-16-7-3-2-4-8-16)12-10-17(18)21(24-15)25-19-9-5-6-11-22-19/h2-9,11H,10,12-14H2,1H3,(H,22,23,24,25). The molecule has 1 amide bonds. The minimum atomic E-state index is 0.127. The molecular formula is C21H21N5O. The Kier molecular flexibility index (Phi) is 4.78. The van der Waals surface area contributed by atoms with Gasteiger partial charge in [0.25, 0.3) is 0 Å². The molecule has 0 aliphatic carbocycles. The van der Waals surface area contributed by atoms with Gasteiger partial charge in [0, 0.05) is 18.3 Å². The van der Waals surface area contributed by atoms with Gasteiger partial charge in [-0.25, -0.2) is 15.0 Å². The molecule has 0 fully saturated rings. The fourth-order valence-corrected chi connectivity index (χ4v) is 3.31. The first-order valence-electron chi connectivity index (χ1n) is 9.05. The van der Waals surface area contributed by atoms with Gasteiger partial charge in [-0.05, 0) is 31.0 Å². The maximum Gasteiger partial charge on any atom is 0.227 e. The third-order valence-corrected chi connectivity index (χ3v) is 4.64. The van der Waals surface area contributed by atoms with Crippen molar-refractivity contribution in [1.82, 2.24) is 19.9 Å². The summed E-state index contributed by atoms with van der Waals surface area (Å²) in [6.07, 6.45) is 2.89. The van der Waals surface area contributed by atoms with Gasteiger partial charge in [-0.1, -0.05) is 36.4 Å². The zero-order chi connectivity index (χ0) is 18.6. The van der Waals surface area contributed by atoms with Gasteiger partial charge in [0.15, 0.2) is 0 Å². The maximum absolute atomic E-state index is 12.7. The van der Waals surface area contributed by atoms with E-state index in [1.807, 2.05) is 60.4 Å². The number of nitrogens with zero attached hydrogens (tertiary/aromatic N) is 4. The molecule has 3 heterocycles. The highest BCUT2D eigenvalue weighted by Crippen LogP contribution is 2.26. The molecule has 136 valence electrons. The molecular weight excluding hydrogens is 338 g/mol. The topological polar surface area (TPSA) is 71.0 Å². The van der Waals surface area contributed by atoms with Crippen molar-refractivity contribution in [3.05, 3.63) is 77.4 Å². The fourth-order valence-electron chi connectivity index (χ4n) is 3.31. The van der Waals surface area contributed by atoms with Crippen molar-refractivity contribution in [1.29, 1.82) is 0 Å². The lowest BCUT2D eigenvalue weighted by Gasteiger charge is -2.29. The van der Waals surface area contributed by atoms with E-state index in [1.54, 1.807) is 6.20 Å². The molecule has 2 aromatic heterocycles. The van der Waals surface area contributed by atoms with Crippen LogP contribution in [0.4, 0.5) is 11.6 Å². The number of pyridine rings is 1. The van der Waals surface area contributed by atoms with Crippen LogP contribution in [0.3, 0.4) is 0 Å². The number of fused-ring (bicyclic) bond motifs is 1. The molecule has 6 heteroatoms. The minimum Gasteiger partial charge on any atom is -0.336 e. The van der Waals surface area contributed by atoms with Gasteiger partial charge in [0.2, 0.25) is 5.91 Å². The molecule has 0 bridgehead atoms. The quantitative estimate of drug-likeness (QED) is 0.775. The number of anilines is 2. The normalized spacial score (nSPS) is 13.1. The van der Waals surface area contributed by atoms with Crippen molar-refractivity contribution in [2.45, 2.75) is 26.3 Å². The lowest BCUT2D eigenvalue weighted by molar-refractivity contribution is -0.131. The van der Waals surface area contributed by atoms with Crippen molar-refractivity contribution in [2.24, 2.45) is 0 Å². The summed E-state index contributed by atoms with van der Waals surface area (Å²) >= 11 is 0. The number of aryl methyl sites for hydroxylation is 1. The lowest BCUT2D eigenvalue weighted by Crippen LogP contribution is -2.38. The van der Waals surface area contributed by atoms with Gasteiger partial charge in [0.05, 0.1) is 18.7 Å². The second-order valence-corrected chi connectivity index (χ2v) is 6.61. The zero-order valence-electron chi connectivity index (χ0n) is 15.2. The third kappa shape index (κ3) is 3.95. The molecule has 1 N–H and O–H groups in total. The zero-order valence-corrected chi connectivity index (χ0v) is 15.2. The predicted molar refractivity (Wildman–Crippen MR) is 104 cm³/mol. The summed E-state index contributed by atoms with van der Waals surface area (Å²) in [5.74, 6) is 2.35. The van der Waals surface area contributed by atoms with Crippen LogP contribution in [0.5, 0.6) is 0 Å². The average molecular weight is 359 g/mol. The Morgan fingerprint density at radius 2 is 1.93 bits per heavy atom. The number of hydrogen-bond acceptors (Lipinski definition) is 5. The van der Waals surface area contributed by atoms with E-state index in [2.05, 4.69) is 20.3 Å². The first-order valence-corrected chi connectivity index (χ1v) is 9.05. The molecule has 0 spiro atoms. The molecule has 6 nitrogen and oxygen atoms in total. The van der Waals surface area contributed by atoms with Gasteiger partial charge in [0.1, 0.15) is 17.5 Å². The Morgan fingerprint density at radius 1 is 1.11 bits per heavy atom. The summed E-state index contributed by atoms with van der Waals surface area (Å²) in [6.45, 7) is 3.05. The van der Waals surface area contributed by atoms with Crippen LogP contribution < -0.4 is 5.32 Å². The highest BCUT2D eigenvalue weighted by molar-refractivity contribution is 5.79. The van der Waals surface area contributed by atoms with Crippen molar-refractivity contribution in [2.75, 3.05) is 11.9 Å². The Morgan fingerprint density at radius 3 is 2.70 bits per heavy atom. The molecule has 3 aromatic rings. The monoisotopic (exact) mass is 359 g/mol. The Hall–Kier alpha value is -3.28. The molecule has 0 radical (unpaired) electrons. The van der Waals surface area contributed by atoms with Crippen LogP contribution in [0, 0.1) is 6.92 Å². The van der Waals surface area contributed by atoms with E-state index >= 15 is 0 Å². The molecule has 1 aromatic carbocycles. The van der Waals surface area contributed by atoms with E-state index in [0.29, 0.717) is 25.3 Å². The first kappa shape index (κ1) is 17.1. The van der Waals surface area contributed by atoms with Crippen LogP contribution in [-0.2, 0) is 24.2 Å². The average Bonchev–Trinajstić information content (AvgIpc) is 2.69. The number of amides is 1. The fraction of sp³-hybridized carbons (Fsp3) is 0.238. The van der Waals surface area contributed by atoms with Gasteiger partial charge in [-0.15, -0.1) is 0 Å². The second-order valence-electron chi connectivity index (χ2n) is 6.61. The highest BCUT2D eigenvalue weighted by Gasteiger charge is 2.25. The molecule has 0 saturated heterocycles. The number of nitrogens with one attached hydrogen (secondary N) is 1. The molecule has 0 unspecified atom stereocenters. The van der Waals surface area contributed by atoms with E-state index in [-0.39, 0.29) is 5.91 Å². The van der Waals surface area contributed by atoms with Gasteiger partial charge in [-0.3, -0.25) is 4.79 Å². The van der Waals surface area contributed by atoms with Gasteiger partial charge < -0.3 is 10.2 Å². The third-order valence-electron chi connectivity index (χ3n) is 4.64. The Labute approximate surface area is 158 Å². The summed E-state index contributed by atoms with van der Waals surface area (Å²) in [7, 11) is 0. The van der Waals surface area contributed by atoms with Crippen LogP contribution in [0.25, 0.3) is 0 Å². The van der Waals surface area contributed by atoms with Crippen LogP contribution >= 0.6 is 0 Å². The predicted octanol–water partition coefficient (Wildman–Crippen LogP) is 3.05. The van der Waals surface area contributed by atoms with Crippen LogP contribution in [0.1, 0.15) is 22.6 Å². The van der Waals surface area contributed by atoms with Crippen molar-refractivity contribution in [3.8, 4) is 0 Å². The molecule has 1 aliphatic rings. The lowest BCUT2D eigenvalue weighted by atomic mass is 10.0. The summed E-state index contributed by atoms with van der Waals surface area (Å²) < 4.78 is 0. The summed E-state index contributed by atoms with van der Waals surface area (Å²) in [5.41, 5.74) is 3.01. The number of carbonyl (C=O) groups excluding carboxylic acids is 1. The minimum absolute atomic E-state index is 0.127. The molecule has 0 atom stereocenters. The number of rotatable bonds is 4. The molecule has 27 heavy (non-hydrogen) atoms. The first-order chi connectivity index (χ1) is 13.2. The number of benzene rings is 1. The summed E-state index contributed by atoms with van der Waals surface area (Å²) in [4.78, 5) is 28.0. The largest absolute Gasteiger partial charge is 0.336 e. The van der Waals surface area contributed by atoms with Gasteiger partial charge in [-0.2, -0.15) is 0 Å². The molecule has 4 rings (SSSR count). The van der Waals surface area contributed by atoms with E-state index in [1.165, 1.54) is 0 Å². The van der Waals surface area contributed by atoms with Crippen LogP contribution in [0.15, 0.2) is 54.7 Å². The number of aromatic nitrogens is 3. The highest BCUT2D eigenvalue weighted by atomic mass is 16.2. The van der Waals surface area contributed by atoms with E-state index < -0.39 is 0 Å². The Balaban J connectivity index is 1.53. The van der Waals surface area contributed by atoms with Gasteiger partial charge >= 0.3 is 0 Å². The smallest absolute Gasteiger partial charge is 0.227 e. The van der Waals surface area contributed by atoms with Crippen molar-refractivity contribution < 1.29 is 4.79 Å². The second kappa shape index (κ2) is 7.53. The SMILES string of the molecule is Cc1nc2c(c(Nc3ccccn3)n1)CCN(C(=O)Cc1ccccc1)C2. The Bertz CT molecular complexity index is 944. The molecule has 1 aliphatic heterocycles. The molecule has 0 saturated carbocycles. The summed E-state index contributed by atoms with van der Waals surface area (Å²) in [5, 5.41) is 3.29. The van der Waals surface area contributed by atoms with Crippen LogP contribution in [0.2, 0.25) is 0 Å². The van der Waals surface area contributed by atoms with E-state index in [9.17, 15) is 4.79 Å².